The number of methoxy groups -OCH3 is 1. The van der Waals surface area contributed by atoms with Crippen molar-refractivity contribution in [3.05, 3.63) is 0 Å². The van der Waals surface area contributed by atoms with Crippen molar-refractivity contribution in [3.63, 3.8) is 0 Å². The minimum Gasteiger partial charge on any atom is -0.461 e. The molecule has 0 radical (unpaired) electrons. The van der Waals surface area contributed by atoms with Gasteiger partial charge < -0.3 is 24.2 Å². The maximum absolute atomic E-state index is 13.2. The Morgan fingerprint density at radius 2 is 1.73 bits per heavy atom. The summed E-state index contributed by atoms with van der Waals surface area (Å²) in [4.78, 5) is 40.4. The summed E-state index contributed by atoms with van der Waals surface area (Å²) in [5, 5.41) is 11.2. The Bertz CT molecular complexity index is 653. The molecule has 6 atom stereocenters. The van der Waals surface area contributed by atoms with Crippen LogP contribution >= 0.6 is 0 Å². The lowest BCUT2D eigenvalue weighted by molar-refractivity contribution is -0.286. The van der Waals surface area contributed by atoms with Crippen LogP contribution in [0, 0.1) is 5.92 Å². The van der Waals surface area contributed by atoms with Crippen LogP contribution in [0.1, 0.15) is 71.6 Å². The average molecular weight is 426 g/mol. The van der Waals surface area contributed by atoms with Crippen LogP contribution in [0.2, 0.25) is 0 Å². The number of aliphatic hydroxyl groups is 1. The van der Waals surface area contributed by atoms with Gasteiger partial charge in [0.15, 0.2) is 0 Å². The van der Waals surface area contributed by atoms with Gasteiger partial charge in [0, 0.05) is 19.6 Å². The lowest BCUT2D eigenvalue weighted by Gasteiger charge is -2.45. The summed E-state index contributed by atoms with van der Waals surface area (Å²) in [5.41, 5.74) is 0. The number of esters is 1. The Morgan fingerprint density at radius 3 is 2.47 bits per heavy atom. The molecule has 1 amide bonds. The van der Waals surface area contributed by atoms with Gasteiger partial charge in [-0.1, -0.05) is 19.8 Å². The highest BCUT2D eigenvalue weighted by Gasteiger charge is 2.54. The standard InChI is InChI=1S/C22H35NO7/c1-14-13-18(28-3)17-11-6-4-5-9-15(2)29-21(26)16-10-7-8-12-23(16)20(25)19(24)22(14,27)30-17/h14-18,27H,4-13H2,1-3H3/t14-,15+,16+,17-,18+,22-/m1/s1. The van der Waals surface area contributed by atoms with Crippen molar-refractivity contribution in [2.75, 3.05) is 13.7 Å². The second kappa shape index (κ2) is 9.75. The lowest BCUT2D eigenvalue weighted by Crippen LogP contribution is -2.62. The molecule has 0 saturated carbocycles. The van der Waals surface area contributed by atoms with E-state index in [1.54, 1.807) is 14.0 Å². The molecule has 3 aliphatic rings. The molecule has 0 spiro atoms. The van der Waals surface area contributed by atoms with Gasteiger partial charge in [-0.2, -0.15) is 0 Å². The molecule has 0 aromatic heterocycles. The van der Waals surface area contributed by atoms with Crippen molar-refractivity contribution in [1.82, 2.24) is 4.90 Å². The fourth-order valence-corrected chi connectivity index (χ4v) is 4.85. The Morgan fingerprint density at radius 1 is 1.03 bits per heavy atom. The maximum Gasteiger partial charge on any atom is 0.329 e. The SMILES string of the molecule is CO[C@H]1C[C@@H](C)[C@@]2(O)O[C@@H]1CCCCC[C@H](C)OC(=O)[C@@H]1CCCCN1C(=O)C2=O. The van der Waals surface area contributed by atoms with E-state index in [9.17, 15) is 19.5 Å². The Kier molecular flexibility index (Phi) is 7.52. The Labute approximate surface area is 178 Å². The van der Waals surface area contributed by atoms with E-state index in [4.69, 9.17) is 14.2 Å². The fourth-order valence-electron chi connectivity index (χ4n) is 4.85. The van der Waals surface area contributed by atoms with E-state index >= 15 is 0 Å². The van der Waals surface area contributed by atoms with Gasteiger partial charge in [0.25, 0.3) is 11.7 Å². The summed E-state index contributed by atoms with van der Waals surface area (Å²) in [6.07, 6.45) is 5.38. The number of rotatable bonds is 1. The van der Waals surface area contributed by atoms with E-state index in [0.717, 1.165) is 32.1 Å². The van der Waals surface area contributed by atoms with Gasteiger partial charge in [0.05, 0.1) is 18.3 Å². The van der Waals surface area contributed by atoms with Crippen molar-refractivity contribution < 1.29 is 33.7 Å². The van der Waals surface area contributed by atoms with Gasteiger partial charge >= 0.3 is 5.97 Å². The first-order valence-electron chi connectivity index (χ1n) is 11.3. The zero-order chi connectivity index (χ0) is 21.9. The van der Waals surface area contributed by atoms with E-state index in [2.05, 4.69) is 0 Å². The first-order chi connectivity index (χ1) is 14.3. The number of carbonyl (C=O) groups is 3. The molecule has 3 aliphatic heterocycles. The molecule has 8 heteroatoms. The molecular formula is C22H35NO7. The minimum atomic E-state index is -2.21. The predicted octanol–water partition coefficient (Wildman–Crippen LogP) is 1.96. The largest absolute Gasteiger partial charge is 0.461 e. The van der Waals surface area contributed by atoms with Gasteiger partial charge in [-0.25, -0.2) is 4.79 Å². The number of hydrogen-bond donors (Lipinski definition) is 1. The second-order valence-corrected chi connectivity index (χ2v) is 8.99. The van der Waals surface area contributed by atoms with Crippen LogP contribution in [0.3, 0.4) is 0 Å². The normalized spacial score (nSPS) is 39.5. The highest BCUT2D eigenvalue weighted by atomic mass is 16.7. The maximum atomic E-state index is 13.2. The van der Waals surface area contributed by atoms with E-state index in [1.165, 1.54) is 4.90 Å². The molecule has 170 valence electrons. The van der Waals surface area contributed by atoms with Crippen molar-refractivity contribution in [2.24, 2.45) is 5.92 Å². The number of carbonyl (C=O) groups excluding carboxylic acids is 3. The van der Waals surface area contributed by atoms with Gasteiger partial charge in [-0.3, -0.25) is 9.59 Å². The molecule has 2 bridgehead atoms. The molecule has 0 aromatic carbocycles. The smallest absolute Gasteiger partial charge is 0.329 e. The molecule has 0 aromatic rings. The van der Waals surface area contributed by atoms with Crippen molar-refractivity contribution in [3.8, 4) is 0 Å². The van der Waals surface area contributed by atoms with Crippen LogP contribution in [-0.2, 0) is 28.6 Å². The summed E-state index contributed by atoms with van der Waals surface area (Å²) in [6, 6.07) is -0.798. The lowest BCUT2D eigenvalue weighted by atomic mass is 9.84. The minimum absolute atomic E-state index is 0.245. The van der Waals surface area contributed by atoms with Gasteiger partial charge in [-0.15, -0.1) is 0 Å². The monoisotopic (exact) mass is 425 g/mol. The van der Waals surface area contributed by atoms with E-state index in [1.807, 2.05) is 6.92 Å². The molecule has 30 heavy (non-hydrogen) atoms. The highest BCUT2D eigenvalue weighted by molar-refractivity contribution is 6.39. The van der Waals surface area contributed by atoms with Gasteiger partial charge in [-0.05, 0) is 51.9 Å². The average Bonchev–Trinajstić information content (AvgIpc) is 2.74. The summed E-state index contributed by atoms with van der Waals surface area (Å²) < 4.78 is 17.0. The third kappa shape index (κ3) is 4.70. The number of piperidine rings is 1. The number of nitrogens with zero attached hydrogens (tertiary/aromatic N) is 1. The number of cyclic esters (lactones) is 1. The van der Waals surface area contributed by atoms with Crippen molar-refractivity contribution in [2.45, 2.75) is 102 Å². The highest BCUT2D eigenvalue weighted by Crippen LogP contribution is 2.37. The Hall–Kier alpha value is -1.51. The topological polar surface area (TPSA) is 102 Å². The van der Waals surface area contributed by atoms with Gasteiger partial charge in [0.1, 0.15) is 6.04 Å². The van der Waals surface area contributed by atoms with Crippen LogP contribution in [0.5, 0.6) is 0 Å². The van der Waals surface area contributed by atoms with Crippen LogP contribution in [0.4, 0.5) is 0 Å². The van der Waals surface area contributed by atoms with Crippen LogP contribution < -0.4 is 0 Å². The van der Waals surface area contributed by atoms with Crippen molar-refractivity contribution >= 4 is 17.7 Å². The number of fused-ring (bicyclic) bond motifs is 3. The van der Waals surface area contributed by atoms with Crippen LogP contribution in [0.15, 0.2) is 0 Å². The zero-order valence-corrected chi connectivity index (χ0v) is 18.3. The molecular weight excluding hydrogens is 390 g/mol. The molecule has 0 aliphatic carbocycles. The van der Waals surface area contributed by atoms with E-state index in [-0.39, 0.29) is 18.8 Å². The Balaban J connectivity index is 1.90. The predicted molar refractivity (Wildman–Crippen MR) is 107 cm³/mol. The molecule has 3 fully saturated rings. The molecule has 3 heterocycles. The van der Waals surface area contributed by atoms with E-state index in [0.29, 0.717) is 25.7 Å². The third-order valence-electron chi connectivity index (χ3n) is 6.77. The fraction of sp³-hybridized carbons (Fsp3) is 0.864. The quantitative estimate of drug-likeness (QED) is 0.506. The second-order valence-electron chi connectivity index (χ2n) is 8.99. The number of amides is 1. The van der Waals surface area contributed by atoms with Crippen LogP contribution in [-0.4, -0.2) is 71.5 Å². The molecule has 3 rings (SSSR count). The van der Waals surface area contributed by atoms with Crippen molar-refractivity contribution in [1.29, 1.82) is 0 Å². The number of Topliss-reactive ketones (excluding diaryl/α,β-unsaturated/α-hetero) is 1. The summed E-state index contributed by atoms with van der Waals surface area (Å²) >= 11 is 0. The third-order valence-corrected chi connectivity index (χ3v) is 6.77. The molecule has 0 unspecified atom stereocenters. The summed E-state index contributed by atoms with van der Waals surface area (Å²) in [6.45, 7) is 3.83. The number of hydrogen-bond acceptors (Lipinski definition) is 7. The van der Waals surface area contributed by atoms with Crippen LogP contribution in [0.25, 0.3) is 0 Å². The first kappa shape index (κ1) is 23.2. The molecule has 8 nitrogen and oxygen atoms in total. The van der Waals surface area contributed by atoms with Gasteiger partial charge in [0.2, 0.25) is 5.79 Å². The first-order valence-corrected chi connectivity index (χ1v) is 11.3. The zero-order valence-electron chi connectivity index (χ0n) is 18.3. The summed E-state index contributed by atoms with van der Waals surface area (Å²) in [5.74, 6) is -5.17. The summed E-state index contributed by atoms with van der Waals surface area (Å²) in [7, 11) is 1.59. The molecule has 1 N–H and O–H groups in total. The molecule has 3 saturated heterocycles. The van der Waals surface area contributed by atoms with E-state index < -0.39 is 41.5 Å². The number of ketones is 1. The number of ether oxygens (including phenoxy) is 3.